The smallest absolute Gasteiger partial charge is 0.307 e. The number of alkyl halides is 6. The van der Waals surface area contributed by atoms with Gasteiger partial charge in [0.15, 0.2) is 0 Å². The molecule has 0 aromatic rings. The zero-order valence-electron chi connectivity index (χ0n) is 5.29. The molecule has 0 saturated carbocycles. The highest BCUT2D eigenvalue weighted by Crippen LogP contribution is 2.60. The molecule has 72 valence electrons. The molecule has 1 fully saturated rings. The fourth-order valence-electron chi connectivity index (χ4n) is 0.374. The zero-order valence-corrected chi connectivity index (χ0v) is 5.29. The highest BCUT2D eigenvalue weighted by atomic mass is 19.4. The number of hydrogen-bond acceptors (Lipinski definition) is 2. The topological polar surface area (TPSA) is 29.6 Å². The Morgan fingerprint density at radius 3 is 1.33 bits per heavy atom. The van der Waals surface area contributed by atoms with Gasteiger partial charge < -0.3 is 4.79 Å². The van der Waals surface area contributed by atoms with E-state index in [1.54, 1.807) is 0 Å². The van der Waals surface area contributed by atoms with Gasteiger partial charge in [-0.2, -0.15) is 26.3 Å². The van der Waals surface area contributed by atoms with E-state index >= 15 is 0 Å². The van der Waals surface area contributed by atoms with Gasteiger partial charge in [-0.25, -0.2) is 0 Å². The summed E-state index contributed by atoms with van der Waals surface area (Å²) in [6.07, 6.45) is -10.4. The van der Waals surface area contributed by atoms with Crippen LogP contribution in [0.3, 0.4) is 0 Å². The van der Waals surface area contributed by atoms with Crippen LogP contribution >= 0.6 is 0 Å². The van der Waals surface area contributed by atoms with Gasteiger partial charge in [0.1, 0.15) is 6.79 Å². The Hall–Kier alpha value is -0.790. The first-order valence-corrected chi connectivity index (χ1v) is 2.33. The molecule has 0 bridgehead atoms. The molecule has 0 aromatic carbocycles. The molecule has 0 aliphatic carbocycles. The van der Waals surface area contributed by atoms with Crippen LogP contribution < -0.4 is 0 Å². The number of carbonyl (C=O) groups is 1. The Morgan fingerprint density at radius 2 is 1.33 bits per heavy atom. The number of ether oxygens (including phenoxy) is 1. The first-order chi connectivity index (χ1) is 5.21. The number of rotatable bonds is 0. The second kappa shape index (κ2) is 2.61. The molecule has 1 heterocycles. The quantitative estimate of drug-likeness (QED) is 0.435. The molecule has 12 heavy (non-hydrogen) atoms. The predicted octanol–water partition coefficient (Wildman–Crippen LogP) is 1.65. The Labute approximate surface area is 62.1 Å². The molecule has 1 atom stereocenters. The molecule has 8 heteroatoms. The fourth-order valence-corrected chi connectivity index (χ4v) is 0.374. The number of carbonyl (C=O) groups excluding carboxylic acids is 1. The van der Waals surface area contributed by atoms with Crippen molar-refractivity contribution in [3.05, 3.63) is 0 Å². The molecule has 1 rings (SSSR count). The van der Waals surface area contributed by atoms with E-state index in [0.29, 0.717) is 0 Å². The van der Waals surface area contributed by atoms with Crippen molar-refractivity contribution in [2.45, 2.75) is 18.1 Å². The standard InChI is InChI=1S/C3F6O.CH2O/c4-1(2(5,6)7)3(8,9)10-1;1-2/h;1H2. The van der Waals surface area contributed by atoms with E-state index in [1.807, 2.05) is 6.79 Å². The summed E-state index contributed by atoms with van der Waals surface area (Å²) in [5.41, 5.74) is 0. The minimum Gasteiger partial charge on any atom is -0.307 e. The average Bonchev–Trinajstić information content (AvgIpc) is 2.37. The minimum absolute atomic E-state index is 2.00. The van der Waals surface area contributed by atoms with Gasteiger partial charge in [0.25, 0.3) is 0 Å². The Bertz CT molecular complexity index is 177. The van der Waals surface area contributed by atoms with Crippen LogP contribution in [0.2, 0.25) is 0 Å². The van der Waals surface area contributed by atoms with Crippen LogP contribution in [0, 0.1) is 0 Å². The van der Waals surface area contributed by atoms with Crippen molar-refractivity contribution in [1.29, 1.82) is 0 Å². The number of hydrogen-bond donors (Lipinski definition) is 0. The molecule has 0 spiro atoms. The Balaban J connectivity index is 0.000000561. The summed E-state index contributed by atoms with van der Waals surface area (Å²) in [4.78, 5) is 8.00. The molecule has 0 aromatic heterocycles. The molecule has 1 unspecified atom stereocenters. The molecular weight excluding hydrogens is 194 g/mol. The van der Waals surface area contributed by atoms with Crippen molar-refractivity contribution < 1.29 is 35.9 Å². The maximum Gasteiger partial charge on any atom is 0.458 e. The molecule has 0 N–H and O–H groups in total. The van der Waals surface area contributed by atoms with E-state index in [-0.39, 0.29) is 0 Å². The summed E-state index contributed by atoms with van der Waals surface area (Å²) >= 11 is 0. The van der Waals surface area contributed by atoms with E-state index in [4.69, 9.17) is 4.79 Å². The van der Waals surface area contributed by atoms with Gasteiger partial charge in [-0.05, 0) is 0 Å². The van der Waals surface area contributed by atoms with Crippen molar-refractivity contribution >= 4 is 6.79 Å². The lowest BCUT2D eigenvalue weighted by molar-refractivity contribution is -0.231. The zero-order chi connectivity index (χ0) is 10.2. The summed E-state index contributed by atoms with van der Waals surface area (Å²) in [6.45, 7) is 2.00. The first kappa shape index (κ1) is 11.2. The van der Waals surface area contributed by atoms with Gasteiger partial charge in [0.05, 0.1) is 0 Å². The van der Waals surface area contributed by atoms with Crippen molar-refractivity contribution in [2.24, 2.45) is 0 Å². The predicted molar refractivity (Wildman–Crippen MR) is 23.0 cm³/mol. The molecule has 1 aliphatic heterocycles. The lowest BCUT2D eigenvalue weighted by Crippen LogP contribution is -2.32. The second-order valence-corrected chi connectivity index (χ2v) is 1.71. The third-order valence-electron chi connectivity index (χ3n) is 0.966. The largest absolute Gasteiger partial charge is 0.458 e. The van der Waals surface area contributed by atoms with Crippen LogP contribution in [0.25, 0.3) is 0 Å². The van der Waals surface area contributed by atoms with Gasteiger partial charge in [-0.1, -0.05) is 0 Å². The summed E-state index contributed by atoms with van der Waals surface area (Å²) in [5.74, 6) is -4.75. The maximum absolute atomic E-state index is 11.7. The second-order valence-electron chi connectivity index (χ2n) is 1.71. The van der Waals surface area contributed by atoms with Crippen LogP contribution in [0.1, 0.15) is 0 Å². The van der Waals surface area contributed by atoms with Crippen molar-refractivity contribution in [2.75, 3.05) is 0 Å². The molecular formula is C4H2F6O2. The molecule has 1 aliphatic rings. The highest BCUT2D eigenvalue weighted by molar-refractivity contribution is 5.11. The monoisotopic (exact) mass is 196 g/mol. The third kappa shape index (κ3) is 1.38. The van der Waals surface area contributed by atoms with Gasteiger partial charge in [0, 0.05) is 0 Å². The van der Waals surface area contributed by atoms with Crippen LogP contribution in [0.4, 0.5) is 26.3 Å². The summed E-state index contributed by atoms with van der Waals surface area (Å²) in [5, 5.41) is 0. The average molecular weight is 196 g/mol. The van der Waals surface area contributed by atoms with Crippen LogP contribution in [0.15, 0.2) is 0 Å². The Morgan fingerprint density at radius 1 is 1.08 bits per heavy atom. The lowest BCUT2D eigenvalue weighted by atomic mass is 10.4. The Kier molecular flexibility index (Phi) is 2.44. The normalized spacial score (nSPS) is 31.8. The van der Waals surface area contributed by atoms with Gasteiger partial charge in [0.2, 0.25) is 0 Å². The first-order valence-electron chi connectivity index (χ1n) is 2.33. The van der Waals surface area contributed by atoms with E-state index in [2.05, 4.69) is 4.74 Å². The van der Waals surface area contributed by atoms with Crippen LogP contribution in [0.5, 0.6) is 0 Å². The van der Waals surface area contributed by atoms with E-state index in [9.17, 15) is 26.3 Å². The van der Waals surface area contributed by atoms with E-state index < -0.39 is 18.1 Å². The van der Waals surface area contributed by atoms with E-state index in [0.717, 1.165) is 0 Å². The summed E-state index contributed by atoms with van der Waals surface area (Å²) in [6, 6.07) is 0. The van der Waals surface area contributed by atoms with Crippen molar-refractivity contribution in [1.82, 2.24) is 0 Å². The third-order valence-corrected chi connectivity index (χ3v) is 0.966. The molecule has 0 amide bonds. The van der Waals surface area contributed by atoms with Crippen LogP contribution in [-0.4, -0.2) is 24.9 Å². The number of halogens is 6. The van der Waals surface area contributed by atoms with E-state index in [1.165, 1.54) is 0 Å². The van der Waals surface area contributed by atoms with Gasteiger partial charge in [-0.15, -0.1) is 0 Å². The van der Waals surface area contributed by atoms with Crippen LogP contribution in [-0.2, 0) is 9.53 Å². The summed E-state index contributed by atoms with van der Waals surface area (Å²) < 4.78 is 70.4. The van der Waals surface area contributed by atoms with Gasteiger partial charge >= 0.3 is 18.1 Å². The molecule has 2 nitrogen and oxygen atoms in total. The lowest BCUT2D eigenvalue weighted by Gasteiger charge is -2.04. The SMILES string of the molecule is C=O.FC(F)(F)C1(F)OC1(F)F. The highest BCUT2D eigenvalue weighted by Gasteiger charge is 2.90. The number of epoxide rings is 1. The molecule has 0 radical (unpaired) electrons. The fraction of sp³-hybridized carbons (Fsp3) is 0.750. The molecule has 1 saturated heterocycles. The maximum atomic E-state index is 11.7. The van der Waals surface area contributed by atoms with Gasteiger partial charge in [-0.3, -0.25) is 4.74 Å². The minimum atomic E-state index is -5.66. The van der Waals surface area contributed by atoms with Crippen molar-refractivity contribution in [3.63, 3.8) is 0 Å². The summed E-state index contributed by atoms with van der Waals surface area (Å²) in [7, 11) is 0. The van der Waals surface area contributed by atoms with Crippen molar-refractivity contribution in [3.8, 4) is 0 Å².